The van der Waals surface area contributed by atoms with Gasteiger partial charge >= 0.3 is 0 Å². The largest absolute Gasteiger partial charge is 0.335 e. The van der Waals surface area contributed by atoms with E-state index >= 15 is 0 Å². The summed E-state index contributed by atoms with van der Waals surface area (Å²) in [7, 11) is 0. The Balaban J connectivity index is 1.54. The smallest absolute Gasteiger partial charge is 0.243 e. The van der Waals surface area contributed by atoms with Crippen molar-refractivity contribution in [3.05, 3.63) is 42.2 Å². The zero-order chi connectivity index (χ0) is 18.0. The summed E-state index contributed by atoms with van der Waals surface area (Å²) in [6.07, 6.45) is 7.37. The molecule has 2 aliphatic rings. The second-order valence-corrected chi connectivity index (χ2v) is 7.20. The van der Waals surface area contributed by atoms with Gasteiger partial charge in [-0.1, -0.05) is 6.07 Å². The van der Waals surface area contributed by atoms with Crippen molar-refractivity contribution in [1.29, 1.82) is 0 Å². The van der Waals surface area contributed by atoms with Crippen LogP contribution in [0, 0.1) is 0 Å². The number of carbonyl (C=O) groups is 1. The minimum atomic E-state index is -0.377. The van der Waals surface area contributed by atoms with Gasteiger partial charge in [-0.25, -0.2) is 9.67 Å². The summed E-state index contributed by atoms with van der Waals surface area (Å²) in [6.45, 7) is 5.92. The average molecular weight is 354 g/mol. The Kier molecular flexibility index (Phi) is 4.72. The average Bonchev–Trinajstić information content (AvgIpc) is 3.28. The van der Waals surface area contributed by atoms with Crippen molar-refractivity contribution in [2.75, 3.05) is 13.1 Å². The molecule has 0 bridgehead atoms. The SMILES string of the molecule is CCn1ncnc1CN1CCCC12CCCN(Cc1ccccn1)C2=O. The monoisotopic (exact) mass is 354 g/mol. The van der Waals surface area contributed by atoms with Crippen LogP contribution in [0.25, 0.3) is 0 Å². The second kappa shape index (κ2) is 7.15. The maximum Gasteiger partial charge on any atom is 0.243 e. The van der Waals surface area contributed by atoms with E-state index in [0.717, 1.165) is 56.8 Å². The number of rotatable bonds is 5. The molecule has 1 amide bonds. The van der Waals surface area contributed by atoms with Crippen molar-refractivity contribution in [3.8, 4) is 0 Å². The third-order valence-corrected chi connectivity index (χ3v) is 5.73. The molecule has 26 heavy (non-hydrogen) atoms. The first-order valence-electron chi connectivity index (χ1n) is 9.54. The van der Waals surface area contributed by atoms with Gasteiger partial charge in [0.2, 0.25) is 5.91 Å². The van der Waals surface area contributed by atoms with E-state index in [1.54, 1.807) is 12.5 Å². The van der Waals surface area contributed by atoms with Gasteiger partial charge in [-0.05, 0) is 51.3 Å². The van der Waals surface area contributed by atoms with E-state index in [1.165, 1.54) is 0 Å². The third kappa shape index (κ3) is 3.00. The van der Waals surface area contributed by atoms with Crippen LogP contribution in [0.5, 0.6) is 0 Å². The molecule has 4 rings (SSSR count). The van der Waals surface area contributed by atoms with Crippen LogP contribution in [0.2, 0.25) is 0 Å². The molecule has 4 heterocycles. The predicted molar refractivity (Wildman–Crippen MR) is 97.0 cm³/mol. The van der Waals surface area contributed by atoms with E-state index < -0.39 is 0 Å². The first-order chi connectivity index (χ1) is 12.7. The van der Waals surface area contributed by atoms with E-state index in [9.17, 15) is 4.79 Å². The van der Waals surface area contributed by atoms with E-state index in [4.69, 9.17) is 0 Å². The maximum absolute atomic E-state index is 13.5. The zero-order valence-electron chi connectivity index (χ0n) is 15.3. The number of nitrogens with zero attached hydrogens (tertiary/aromatic N) is 6. The number of amides is 1. The maximum atomic E-state index is 13.5. The molecule has 1 atom stereocenters. The molecule has 2 aromatic rings. The lowest BCUT2D eigenvalue weighted by molar-refractivity contribution is -0.148. The van der Waals surface area contributed by atoms with Crippen LogP contribution in [0.1, 0.15) is 44.1 Å². The standard InChI is InChI=1S/C19H26N6O/c1-2-25-17(21-15-22-25)14-24-12-6-9-19(24)8-5-11-23(18(19)26)13-16-7-3-4-10-20-16/h3-4,7,10,15H,2,5-6,8-9,11-14H2,1H3. The van der Waals surface area contributed by atoms with E-state index in [1.807, 2.05) is 27.8 Å². The summed E-state index contributed by atoms with van der Waals surface area (Å²) < 4.78 is 1.92. The minimum absolute atomic E-state index is 0.259. The van der Waals surface area contributed by atoms with Crippen LogP contribution in [0.4, 0.5) is 0 Å². The molecule has 0 aliphatic carbocycles. The molecule has 1 spiro atoms. The number of carbonyl (C=O) groups excluding carboxylic acids is 1. The Bertz CT molecular complexity index is 760. The number of likely N-dealkylation sites (tertiary alicyclic amines) is 2. The molecule has 0 radical (unpaired) electrons. The normalized spacial score (nSPS) is 23.9. The molecule has 0 aromatic carbocycles. The lowest BCUT2D eigenvalue weighted by Crippen LogP contribution is -2.59. The lowest BCUT2D eigenvalue weighted by atomic mass is 9.85. The fraction of sp³-hybridized carbons (Fsp3) is 0.579. The molecule has 2 aliphatic heterocycles. The zero-order valence-corrected chi connectivity index (χ0v) is 15.3. The lowest BCUT2D eigenvalue weighted by Gasteiger charge is -2.44. The van der Waals surface area contributed by atoms with Crippen molar-refractivity contribution >= 4 is 5.91 Å². The first-order valence-corrected chi connectivity index (χ1v) is 9.54. The molecule has 2 fully saturated rings. The highest BCUT2D eigenvalue weighted by atomic mass is 16.2. The summed E-state index contributed by atoms with van der Waals surface area (Å²) >= 11 is 0. The number of pyridine rings is 1. The van der Waals surface area contributed by atoms with Crippen molar-refractivity contribution in [1.82, 2.24) is 29.5 Å². The molecule has 0 N–H and O–H groups in total. The Morgan fingerprint density at radius 2 is 1.96 bits per heavy atom. The molecule has 1 unspecified atom stereocenters. The molecule has 138 valence electrons. The van der Waals surface area contributed by atoms with Gasteiger partial charge in [-0.15, -0.1) is 0 Å². The summed E-state index contributed by atoms with van der Waals surface area (Å²) in [5, 5.41) is 4.28. The first kappa shape index (κ1) is 17.1. The van der Waals surface area contributed by atoms with Gasteiger partial charge in [-0.2, -0.15) is 5.10 Å². The highest BCUT2D eigenvalue weighted by molar-refractivity contribution is 5.87. The van der Waals surface area contributed by atoms with Crippen molar-refractivity contribution < 1.29 is 4.79 Å². The van der Waals surface area contributed by atoms with Gasteiger partial charge in [0, 0.05) is 19.3 Å². The van der Waals surface area contributed by atoms with Crippen LogP contribution >= 0.6 is 0 Å². The van der Waals surface area contributed by atoms with Gasteiger partial charge in [-0.3, -0.25) is 14.7 Å². The van der Waals surface area contributed by atoms with E-state index in [2.05, 4.69) is 26.9 Å². The fourth-order valence-corrected chi connectivity index (χ4v) is 4.44. The number of piperidine rings is 1. The number of aryl methyl sites for hydroxylation is 1. The Hall–Kier alpha value is -2.28. The minimum Gasteiger partial charge on any atom is -0.335 e. The summed E-state index contributed by atoms with van der Waals surface area (Å²) in [5.74, 6) is 1.21. The van der Waals surface area contributed by atoms with Gasteiger partial charge in [0.15, 0.2) is 0 Å². The molecular weight excluding hydrogens is 328 g/mol. The summed E-state index contributed by atoms with van der Waals surface area (Å²) in [4.78, 5) is 26.6. The second-order valence-electron chi connectivity index (χ2n) is 7.20. The highest BCUT2D eigenvalue weighted by Gasteiger charge is 2.50. The molecule has 7 heteroatoms. The van der Waals surface area contributed by atoms with Crippen molar-refractivity contribution in [2.45, 2.75) is 57.8 Å². The summed E-state index contributed by atoms with van der Waals surface area (Å²) in [5.41, 5.74) is 0.575. The number of aromatic nitrogens is 4. The quantitative estimate of drug-likeness (QED) is 0.820. The van der Waals surface area contributed by atoms with Crippen LogP contribution in [0.15, 0.2) is 30.7 Å². The molecule has 0 saturated carbocycles. The van der Waals surface area contributed by atoms with Crippen LogP contribution < -0.4 is 0 Å². The Morgan fingerprint density at radius 3 is 2.73 bits per heavy atom. The van der Waals surface area contributed by atoms with Gasteiger partial charge in [0.25, 0.3) is 0 Å². The van der Waals surface area contributed by atoms with Crippen LogP contribution in [-0.4, -0.2) is 54.1 Å². The van der Waals surface area contributed by atoms with Crippen LogP contribution in [-0.2, 0) is 24.4 Å². The molecule has 2 aromatic heterocycles. The number of hydrogen-bond acceptors (Lipinski definition) is 5. The Labute approximate surface area is 154 Å². The molecular formula is C19H26N6O. The fourth-order valence-electron chi connectivity index (χ4n) is 4.44. The highest BCUT2D eigenvalue weighted by Crippen LogP contribution is 2.39. The van der Waals surface area contributed by atoms with E-state index in [0.29, 0.717) is 13.1 Å². The summed E-state index contributed by atoms with van der Waals surface area (Å²) in [6, 6.07) is 5.88. The van der Waals surface area contributed by atoms with Gasteiger partial charge < -0.3 is 4.90 Å². The van der Waals surface area contributed by atoms with Gasteiger partial charge in [0.1, 0.15) is 17.7 Å². The van der Waals surface area contributed by atoms with Crippen molar-refractivity contribution in [3.63, 3.8) is 0 Å². The van der Waals surface area contributed by atoms with Gasteiger partial charge in [0.05, 0.1) is 18.8 Å². The number of hydrogen-bond donors (Lipinski definition) is 0. The topological polar surface area (TPSA) is 67.2 Å². The van der Waals surface area contributed by atoms with Crippen molar-refractivity contribution in [2.24, 2.45) is 0 Å². The molecule has 2 saturated heterocycles. The Morgan fingerprint density at radius 1 is 1.12 bits per heavy atom. The molecule has 7 nitrogen and oxygen atoms in total. The predicted octanol–water partition coefficient (Wildman–Crippen LogP) is 1.85. The van der Waals surface area contributed by atoms with E-state index in [-0.39, 0.29) is 11.4 Å². The van der Waals surface area contributed by atoms with Crippen LogP contribution in [0.3, 0.4) is 0 Å². The third-order valence-electron chi connectivity index (χ3n) is 5.73.